The highest BCUT2D eigenvalue weighted by Crippen LogP contribution is 2.19. The predicted molar refractivity (Wildman–Crippen MR) is 103 cm³/mol. The van der Waals surface area contributed by atoms with Crippen molar-refractivity contribution >= 4 is 28.4 Å². The number of rotatable bonds is 4. The monoisotopic (exact) mass is 342 g/mol. The fourth-order valence-corrected chi connectivity index (χ4v) is 3.04. The molecule has 0 spiro atoms. The molecule has 0 aliphatic rings. The van der Waals surface area contributed by atoms with Crippen molar-refractivity contribution in [2.45, 2.75) is 13.0 Å². The first-order chi connectivity index (χ1) is 12.7. The molecule has 2 aromatic carbocycles. The lowest BCUT2D eigenvalue weighted by molar-refractivity contribution is -0.117. The van der Waals surface area contributed by atoms with Crippen molar-refractivity contribution in [2.75, 3.05) is 0 Å². The van der Waals surface area contributed by atoms with Crippen molar-refractivity contribution in [2.24, 2.45) is 0 Å². The van der Waals surface area contributed by atoms with Gasteiger partial charge < -0.3 is 5.32 Å². The number of carbonyl (C=O) groups is 1. The smallest absolute Gasteiger partial charge is 0.244 e. The largest absolute Gasteiger partial charge is 0.343 e. The quantitative estimate of drug-likeness (QED) is 0.574. The van der Waals surface area contributed by atoms with Crippen LogP contribution in [0.5, 0.6) is 0 Å². The maximum absolute atomic E-state index is 12.3. The number of pyridine rings is 1. The molecule has 4 rings (SSSR count). The first-order valence-electron chi connectivity index (χ1n) is 8.48. The maximum Gasteiger partial charge on any atom is 0.244 e. The summed E-state index contributed by atoms with van der Waals surface area (Å²) in [5, 5.41) is 13.5. The van der Waals surface area contributed by atoms with Gasteiger partial charge >= 0.3 is 0 Å². The molecule has 128 valence electrons. The van der Waals surface area contributed by atoms with Crippen LogP contribution in [0.25, 0.3) is 22.5 Å². The van der Waals surface area contributed by atoms with Crippen LogP contribution in [0.1, 0.15) is 24.4 Å². The van der Waals surface area contributed by atoms with Crippen molar-refractivity contribution in [3.05, 3.63) is 84.3 Å². The number of benzene rings is 2. The van der Waals surface area contributed by atoms with E-state index in [1.165, 1.54) is 0 Å². The number of fused-ring (bicyclic) bond motifs is 2. The molecule has 0 aliphatic heterocycles. The van der Waals surface area contributed by atoms with Crippen molar-refractivity contribution in [1.29, 1.82) is 0 Å². The molecule has 5 nitrogen and oxygen atoms in total. The number of carbonyl (C=O) groups excluding carboxylic acids is 1. The number of nitrogens with zero attached hydrogens (tertiary/aromatic N) is 3. The molecule has 0 aliphatic carbocycles. The Hall–Kier alpha value is -3.47. The van der Waals surface area contributed by atoms with E-state index >= 15 is 0 Å². The Balaban J connectivity index is 1.52. The Morgan fingerprint density at radius 1 is 1.04 bits per heavy atom. The summed E-state index contributed by atoms with van der Waals surface area (Å²) in [6.45, 7) is 1.90. The Morgan fingerprint density at radius 2 is 1.85 bits per heavy atom. The molecular weight excluding hydrogens is 324 g/mol. The minimum Gasteiger partial charge on any atom is -0.343 e. The summed E-state index contributed by atoms with van der Waals surface area (Å²) in [6.07, 6.45) is 5.28. The summed E-state index contributed by atoms with van der Waals surface area (Å²) in [7, 11) is 0. The van der Waals surface area contributed by atoms with E-state index < -0.39 is 0 Å². The molecule has 26 heavy (non-hydrogen) atoms. The third-order valence-electron chi connectivity index (χ3n) is 4.32. The molecule has 4 aromatic rings. The molecule has 1 N–H and O–H groups in total. The van der Waals surface area contributed by atoms with E-state index in [9.17, 15) is 4.79 Å². The average molecular weight is 342 g/mol. The molecular formula is C21H18N4O. The highest BCUT2D eigenvalue weighted by Gasteiger charge is 2.14. The molecule has 0 saturated carbocycles. The Labute approximate surface area is 151 Å². The van der Waals surface area contributed by atoms with E-state index in [1.54, 1.807) is 6.08 Å². The summed E-state index contributed by atoms with van der Waals surface area (Å²) in [4.78, 5) is 12.3. The Morgan fingerprint density at radius 3 is 2.77 bits per heavy atom. The minimum absolute atomic E-state index is 0.168. The summed E-state index contributed by atoms with van der Waals surface area (Å²) < 4.78 is 1.87. The van der Waals surface area contributed by atoms with Crippen LogP contribution < -0.4 is 5.32 Å². The first-order valence-corrected chi connectivity index (χ1v) is 8.48. The van der Waals surface area contributed by atoms with Gasteiger partial charge in [-0.2, -0.15) is 0 Å². The van der Waals surface area contributed by atoms with E-state index in [4.69, 9.17) is 0 Å². The van der Waals surface area contributed by atoms with E-state index in [2.05, 4.69) is 33.7 Å². The molecule has 2 heterocycles. The summed E-state index contributed by atoms with van der Waals surface area (Å²) in [6, 6.07) is 19.6. The van der Waals surface area contributed by atoms with Crippen LogP contribution in [0.2, 0.25) is 0 Å². The van der Waals surface area contributed by atoms with E-state index in [0.29, 0.717) is 5.82 Å². The molecule has 5 heteroatoms. The molecule has 0 radical (unpaired) electrons. The molecule has 1 amide bonds. The van der Waals surface area contributed by atoms with Gasteiger partial charge in [-0.15, -0.1) is 10.2 Å². The van der Waals surface area contributed by atoms with Crippen molar-refractivity contribution in [3.8, 4) is 0 Å². The summed E-state index contributed by atoms with van der Waals surface area (Å²) >= 11 is 0. The number of hydrogen-bond acceptors (Lipinski definition) is 3. The topological polar surface area (TPSA) is 59.3 Å². The van der Waals surface area contributed by atoms with Gasteiger partial charge in [0.2, 0.25) is 5.91 Å². The standard InChI is InChI=1S/C21H18N4O/c1-15(21-24-23-19-11-4-5-14-25(19)21)22-20(26)13-12-17-9-6-8-16-7-2-3-10-18(16)17/h2-15H,1H3,(H,22,26)/b13-12+. The summed E-state index contributed by atoms with van der Waals surface area (Å²) in [5.74, 6) is 0.533. The van der Waals surface area contributed by atoms with Gasteiger partial charge in [-0.1, -0.05) is 48.5 Å². The number of hydrogen-bond donors (Lipinski definition) is 1. The fourth-order valence-electron chi connectivity index (χ4n) is 3.04. The van der Waals surface area contributed by atoms with Crippen molar-refractivity contribution < 1.29 is 4.79 Å². The average Bonchev–Trinajstić information content (AvgIpc) is 3.10. The van der Waals surface area contributed by atoms with E-state index in [-0.39, 0.29) is 11.9 Å². The number of nitrogens with one attached hydrogen (secondary N) is 1. The Kier molecular flexibility index (Phi) is 4.19. The maximum atomic E-state index is 12.3. The lowest BCUT2D eigenvalue weighted by Crippen LogP contribution is -2.26. The zero-order valence-electron chi connectivity index (χ0n) is 14.3. The molecule has 0 saturated heterocycles. The molecule has 0 fully saturated rings. The molecule has 0 bridgehead atoms. The van der Waals surface area contributed by atoms with Crippen LogP contribution in [-0.2, 0) is 4.79 Å². The fraction of sp³-hybridized carbons (Fsp3) is 0.0952. The predicted octanol–water partition coefficient (Wildman–Crippen LogP) is 3.77. The van der Waals surface area contributed by atoms with Gasteiger partial charge in [0.1, 0.15) is 0 Å². The highest BCUT2D eigenvalue weighted by molar-refractivity contribution is 5.96. The van der Waals surface area contributed by atoms with Gasteiger partial charge in [0.25, 0.3) is 0 Å². The normalized spacial score (nSPS) is 12.7. The molecule has 1 atom stereocenters. The third-order valence-corrected chi connectivity index (χ3v) is 4.32. The lowest BCUT2D eigenvalue weighted by Gasteiger charge is -2.10. The highest BCUT2D eigenvalue weighted by atomic mass is 16.1. The zero-order valence-corrected chi connectivity index (χ0v) is 14.3. The second-order valence-corrected chi connectivity index (χ2v) is 6.12. The van der Waals surface area contributed by atoms with Crippen LogP contribution in [0.15, 0.2) is 72.9 Å². The summed E-state index contributed by atoms with van der Waals surface area (Å²) in [5.41, 5.74) is 1.77. The van der Waals surface area contributed by atoms with Gasteiger partial charge in [-0.25, -0.2) is 0 Å². The molecule has 2 aromatic heterocycles. The van der Waals surface area contributed by atoms with Crippen LogP contribution in [-0.4, -0.2) is 20.5 Å². The third kappa shape index (κ3) is 3.07. The van der Waals surface area contributed by atoms with Crippen molar-refractivity contribution in [3.63, 3.8) is 0 Å². The van der Waals surface area contributed by atoms with E-state index in [0.717, 1.165) is 22.0 Å². The Bertz CT molecular complexity index is 1110. The van der Waals surface area contributed by atoms with Crippen LogP contribution in [0.3, 0.4) is 0 Å². The van der Waals surface area contributed by atoms with Gasteiger partial charge in [0, 0.05) is 12.3 Å². The minimum atomic E-state index is -0.253. The number of aromatic nitrogens is 3. The van der Waals surface area contributed by atoms with Gasteiger partial charge in [-0.3, -0.25) is 9.20 Å². The van der Waals surface area contributed by atoms with E-state index in [1.807, 2.05) is 66.1 Å². The van der Waals surface area contributed by atoms with Gasteiger partial charge in [-0.05, 0) is 41.5 Å². The second-order valence-electron chi connectivity index (χ2n) is 6.12. The second kappa shape index (κ2) is 6.80. The first kappa shape index (κ1) is 16.0. The number of amides is 1. The molecule has 1 unspecified atom stereocenters. The van der Waals surface area contributed by atoms with Gasteiger partial charge in [0.15, 0.2) is 11.5 Å². The van der Waals surface area contributed by atoms with Gasteiger partial charge in [0.05, 0.1) is 6.04 Å². The lowest BCUT2D eigenvalue weighted by atomic mass is 10.0. The SMILES string of the molecule is CC(NC(=O)/C=C/c1cccc2ccccc12)c1nnc2ccccn12. The van der Waals surface area contributed by atoms with Crippen LogP contribution >= 0.6 is 0 Å². The zero-order chi connectivity index (χ0) is 17.9. The van der Waals surface area contributed by atoms with Crippen molar-refractivity contribution in [1.82, 2.24) is 19.9 Å². The van der Waals surface area contributed by atoms with Crippen LogP contribution in [0, 0.1) is 0 Å². The van der Waals surface area contributed by atoms with Crippen LogP contribution in [0.4, 0.5) is 0 Å².